The van der Waals surface area contributed by atoms with Gasteiger partial charge in [-0.25, -0.2) is 0 Å². The van der Waals surface area contributed by atoms with Crippen molar-refractivity contribution < 1.29 is 24.5 Å². The Bertz CT molecular complexity index is 1400. The van der Waals surface area contributed by atoms with E-state index in [9.17, 15) is 19.8 Å². The first-order chi connectivity index (χ1) is 44.0. The molecule has 0 aromatic carbocycles. The van der Waals surface area contributed by atoms with Crippen molar-refractivity contribution in [2.24, 2.45) is 0 Å². The summed E-state index contributed by atoms with van der Waals surface area (Å²) in [4.78, 5) is 24.7. The van der Waals surface area contributed by atoms with Crippen molar-refractivity contribution in [1.29, 1.82) is 0 Å². The maximum absolute atomic E-state index is 12.6. The second kappa shape index (κ2) is 78.8. The molecule has 0 saturated carbocycles. The average Bonchev–Trinajstić information content (AvgIpc) is 3.63. The van der Waals surface area contributed by atoms with Gasteiger partial charge in [0.1, 0.15) is 0 Å². The molecule has 6 heteroatoms. The highest BCUT2D eigenvalue weighted by Gasteiger charge is 2.20. The first-order valence-corrected chi connectivity index (χ1v) is 41.1. The number of aliphatic hydroxyl groups excluding tert-OH is 2. The van der Waals surface area contributed by atoms with Gasteiger partial charge in [-0.3, -0.25) is 9.59 Å². The standard InChI is InChI=1S/C83H161NO5/c1-3-5-7-9-11-13-15-17-19-21-23-24-25-31-34-37-40-43-47-51-55-59-63-67-71-75-81(86)80(79-85)84-82(87)76-72-68-64-60-56-52-48-44-41-38-35-32-29-27-26-28-30-33-36-39-42-46-50-54-58-62-66-70-74-78-89-83(88)77-73-69-65-61-57-53-49-45-22-20-18-16-14-12-10-8-6-4-2/h14,16,20,22,80-81,85-86H,3-13,15,17-19,21,23-79H2,1-2H3,(H,84,87)/b16-14-,22-20-. The van der Waals surface area contributed by atoms with E-state index in [-0.39, 0.29) is 18.5 Å². The number of esters is 1. The molecule has 0 aliphatic carbocycles. The molecule has 6 nitrogen and oxygen atoms in total. The van der Waals surface area contributed by atoms with E-state index in [1.165, 1.54) is 385 Å². The summed E-state index contributed by atoms with van der Waals surface area (Å²) < 4.78 is 5.51. The first kappa shape index (κ1) is 87.3. The summed E-state index contributed by atoms with van der Waals surface area (Å²) in [6, 6.07) is -0.540. The Balaban J connectivity index is 3.34. The fraction of sp³-hybridized carbons (Fsp3) is 0.928. The predicted molar refractivity (Wildman–Crippen MR) is 393 cm³/mol. The van der Waals surface area contributed by atoms with E-state index in [0.29, 0.717) is 25.9 Å². The van der Waals surface area contributed by atoms with E-state index < -0.39 is 12.1 Å². The van der Waals surface area contributed by atoms with Gasteiger partial charge in [0.15, 0.2) is 0 Å². The Kier molecular flexibility index (Phi) is 77.3. The molecule has 89 heavy (non-hydrogen) atoms. The van der Waals surface area contributed by atoms with Crippen LogP contribution in [0.25, 0.3) is 0 Å². The lowest BCUT2D eigenvalue weighted by molar-refractivity contribution is -0.143. The fourth-order valence-electron chi connectivity index (χ4n) is 13.3. The van der Waals surface area contributed by atoms with Gasteiger partial charge in [0.25, 0.3) is 0 Å². The largest absolute Gasteiger partial charge is 0.466 e. The molecule has 0 radical (unpaired) electrons. The highest BCUT2D eigenvalue weighted by molar-refractivity contribution is 5.76. The van der Waals surface area contributed by atoms with Crippen LogP contribution in [0, 0.1) is 0 Å². The highest BCUT2D eigenvalue weighted by atomic mass is 16.5. The lowest BCUT2D eigenvalue weighted by atomic mass is 10.0. The number of unbranched alkanes of at least 4 members (excludes halogenated alkanes) is 63. The molecule has 0 bridgehead atoms. The minimum absolute atomic E-state index is 0.0134. The maximum atomic E-state index is 12.6. The number of carbonyl (C=O) groups excluding carboxylic acids is 2. The summed E-state index contributed by atoms with van der Waals surface area (Å²) in [6.45, 7) is 4.99. The van der Waals surface area contributed by atoms with E-state index in [0.717, 1.165) is 51.4 Å². The zero-order chi connectivity index (χ0) is 64.2. The van der Waals surface area contributed by atoms with Gasteiger partial charge in [0.05, 0.1) is 25.4 Å². The minimum Gasteiger partial charge on any atom is -0.466 e. The Morgan fingerprint density at radius 2 is 0.562 bits per heavy atom. The monoisotopic (exact) mass is 1250 g/mol. The third-order valence-electron chi connectivity index (χ3n) is 19.5. The van der Waals surface area contributed by atoms with E-state index in [1.807, 2.05) is 0 Å². The Hall–Kier alpha value is -1.66. The topological polar surface area (TPSA) is 95.9 Å². The number of rotatable bonds is 78. The molecule has 0 fully saturated rings. The number of aliphatic hydroxyl groups is 2. The smallest absolute Gasteiger partial charge is 0.305 e. The van der Waals surface area contributed by atoms with Crippen molar-refractivity contribution in [2.45, 2.75) is 482 Å². The number of ether oxygens (including phenoxy) is 1. The van der Waals surface area contributed by atoms with Crippen LogP contribution in [0.2, 0.25) is 0 Å². The molecular formula is C83H161NO5. The molecule has 0 aromatic heterocycles. The number of allylic oxidation sites excluding steroid dienone is 4. The summed E-state index contributed by atoms with van der Waals surface area (Å²) in [6.07, 6.45) is 101. The Morgan fingerprint density at radius 3 is 0.865 bits per heavy atom. The molecule has 528 valence electrons. The number of hydrogen-bond acceptors (Lipinski definition) is 5. The second-order valence-electron chi connectivity index (χ2n) is 28.5. The van der Waals surface area contributed by atoms with Crippen molar-refractivity contribution >= 4 is 11.9 Å². The van der Waals surface area contributed by atoms with Gasteiger partial charge in [-0.2, -0.15) is 0 Å². The fourth-order valence-corrected chi connectivity index (χ4v) is 13.3. The molecule has 0 heterocycles. The van der Waals surface area contributed by atoms with Gasteiger partial charge in [0.2, 0.25) is 5.91 Å². The molecule has 1 amide bonds. The number of nitrogens with one attached hydrogen (secondary N) is 1. The van der Waals surface area contributed by atoms with Gasteiger partial charge < -0.3 is 20.3 Å². The lowest BCUT2D eigenvalue weighted by Crippen LogP contribution is -2.45. The SMILES string of the molecule is CCCCCC/C=C\C/C=C\CCCCCCCCCC(=O)OCCCCCCCCCCCCCCCCCCCCCCCCCCCCCCCC(=O)NC(CO)C(O)CCCCCCCCCCCCCCCCCCCCCCCCCCC. The van der Waals surface area contributed by atoms with Gasteiger partial charge in [-0.15, -0.1) is 0 Å². The van der Waals surface area contributed by atoms with Crippen LogP contribution >= 0.6 is 0 Å². The predicted octanol–water partition coefficient (Wildman–Crippen LogP) is 27.2. The summed E-state index contributed by atoms with van der Waals surface area (Å²) >= 11 is 0. The molecule has 0 aliphatic heterocycles. The van der Waals surface area contributed by atoms with Crippen molar-refractivity contribution in [2.75, 3.05) is 13.2 Å². The van der Waals surface area contributed by atoms with Crippen molar-refractivity contribution in [1.82, 2.24) is 5.32 Å². The van der Waals surface area contributed by atoms with Gasteiger partial charge in [-0.05, 0) is 57.8 Å². The van der Waals surface area contributed by atoms with Gasteiger partial charge >= 0.3 is 5.97 Å². The molecular weight excluding hydrogens is 1090 g/mol. The number of carbonyl (C=O) groups is 2. The minimum atomic E-state index is -0.663. The quantitative estimate of drug-likeness (QED) is 0.0320. The molecule has 0 aliphatic rings. The maximum Gasteiger partial charge on any atom is 0.305 e. The molecule has 0 saturated heterocycles. The summed E-state index contributed by atoms with van der Waals surface area (Å²) in [5.74, 6) is -0.0119. The third-order valence-corrected chi connectivity index (χ3v) is 19.5. The molecule has 0 aromatic rings. The summed E-state index contributed by atoms with van der Waals surface area (Å²) in [7, 11) is 0. The van der Waals surface area contributed by atoms with Crippen LogP contribution in [0.1, 0.15) is 470 Å². The number of amides is 1. The van der Waals surface area contributed by atoms with Crippen LogP contribution in [0.5, 0.6) is 0 Å². The normalized spacial score (nSPS) is 12.5. The van der Waals surface area contributed by atoms with Crippen molar-refractivity contribution in [3.8, 4) is 0 Å². The van der Waals surface area contributed by atoms with E-state index in [2.05, 4.69) is 43.5 Å². The summed E-state index contributed by atoms with van der Waals surface area (Å²) in [5, 5.41) is 23.5. The van der Waals surface area contributed by atoms with Gasteiger partial charge in [0, 0.05) is 12.8 Å². The third kappa shape index (κ3) is 75.3. The second-order valence-corrected chi connectivity index (χ2v) is 28.5. The van der Waals surface area contributed by atoms with Crippen LogP contribution in [0.4, 0.5) is 0 Å². The zero-order valence-corrected chi connectivity index (χ0v) is 60.7. The van der Waals surface area contributed by atoms with Crippen LogP contribution in [-0.2, 0) is 14.3 Å². The molecule has 0 spiro atoms. The summed E-state index contributed by atoms with van der Waals surface area (Å²) in [5.41, 5.74) is 0. The van der Waals surface area contributed by atoms with E-state index in [1.54, 1.807) is 0 Å². The van der Waals surface area contributed by atoms with Crippen LogP contribution in [-0.4, -0.2) is 47.4 Å². The molecule has 3 N–H and O–H groups in total. The zero-order valence-electron chi connectivity index (χ0n) is 60.7. The van der Waals surface area contributed by atoms with Crippen LogP contribution in [0.15, 0.2) is 24.3 Å². The average molecular weight is 1250 g/mol. The Morgan fingerprint density at radius 1 is 0.315 bits per heavy atom. The molecule has 2 atom stereocenters. The van der Waals surface area contributed by atoms with E-state index >= 15 is 0 Å². The molecule has 0 rings (SSSR count). The van der Waals surface area contributed by atoms with Crippen molar-refractivity contribution in [3.63, 3.8) is 0 Å². The van der Waals surface area contributed by atoms with Crippen LogP contribution < -0.4 is 5.32 Å². The Labute approximate surface area is 558 Å². The number of hydrogen-bond donors (Lipinski definition) is 3. The first-order valence-electron chi connectivity index (χ1n) is 41.1. The van der Waals surface area contributed by atoms with E-state index in [4.69, 9.17) is 4.74 Å². The lowest BCUT2D eigenvalue weighted by Gasteiger charge is -2.22. The van der Waals surface area contributed by atoms with Crippen LogP contribution in [0.3, 0.4) is 0 Å². The highest BCUT2D eigenvalue weighted by Crippen LogP contribution is 2.21. The van der Waals surface area contributed by atoms with Crippen molar-refractivity contribution in [3.05, 3.63) is 24.3 Å². The molecule has 2 unspecified atom stereocenters. The van der Waals surface area contributed by atoms with Gasteiger partial charge in [-0.1, -0.05) is 423 Å².